The molecular weight excluding hydrogens is 479 g/mol. The van der Waals surface area contributed by atoms with Crippen molar-refractivity contribution >= 4 is 40.2 Å². The van der Waals surface area contributed by atoms with Crippen LogP contribution in [0.4, 0.5) is 4.39 Å². The molecule has 7 heteroatoms. The van der Waals surface area contributed by atoms with E-state index in [1.807, 2.05) is 18.2 Å². The Kier molecular flexibility index (Phi) is 5.18. The predicted molar refractivity (Wildman–Crippen MR) is 140 cm³/mol. The number of hydrogen-bond acceptors (Lipinski definition) is 5. The Balaban J connectivity index is 1.18. The van der Waals surface area contributed by atoms with E-state index in [1.54, 1.807) is 11.3 Å². The van der Waals surface area contributed by atoms with E-state index in [2.05, 4.69) is 16.0 Å². The largest absolute Gasteiger partial charge is 0.505 e. The number of hydrogen-bond donors (Lipinski definition) is 1. The molecule has 8 rings (SSSR count). The predicted octanol–water partition coefficient (Wildman–Crippen LogP) is 6.79. The second-order valence-electron chi connectivity index (χ2n) is 11.3. The van der Waals surface area contributed by atoms with Gasteiger partial charge in [-0.15, -0.1) is 11.3 Å². The van der Waals surface area contributed by atoms with Crippen molar-refractivity contribution in [3.8, 4) is 16.2 Å². The van der Waals surface area contributed by atoms with Crippen molar-refractivity contribution in [2.45, 2.75) is 56.8 Å². The molecule has 1 aromatic carbocycles. The highest BCUT2D eigenvalue weighted by Crippen LogP contribution is 2.62. The number of phenols is 1. The summed E-state index contributed by atoms with van der Waals surface area (Å²) in [6.07, 6.45) is 11.4. The standard InChI is InChI=1S/C28H29FN2O2S2/c29-22-11-19(10-21(25(22)32)28-13-16-7-17(14-28)9-18(8-16)15-28)23-4-3-20(34-23)12-24-26(33)30-27(35-24)31-5-1-2-6-31/h3-4,10-12,16-18,32H,1-2,5-9,13-15H2/b24-12+. The van der Waals surface area contributed by atoms with Crippen LogP contribution in [0.15, 0.2) is 34.2 Å². The quantitative estimate of drug-likeness (QED) is 0.464. The number of rotatable bonds is 3. The molecule has 4 nitrogen and oxygen atoms in total. The number of amidine groups is 1. The molecular formula is C28H29FN2O2S2. The Morgan fingerprint density at radius 1 is 1.06 bits per heavy atom. The average Bonchev–Trinajstić information content (AvgIpc) is 3.57. The first-order chi connectivity index (χ1) is 17.0. The summed E-state index contributed by atoms with van der Waals surface area (Å²) in [5.74, 6) is 1.33. The molecule has 1 N–H and O–H groups in total. The number of halogens is 1. The molecule has 6 aliphatic rings. The van der Waals surface area contributed by atoms with Crippen LogP contribution in [0.2, 0.25) is 0 Å². The summed E-state index contributed by atoms with van der Waals surface area (Å²) in [6, 6.07) is 7.51. The maximum atomic E-state index is 15.1. The van der Waals surface area contributed by atoms with Crippen LogP contribution >= 0.6 is 23.1 Å². The normalized spacial score (nSPS) is 32.8. The molecule has 182 valence electrons. The van der Waals surface area contributed by atoms with Crippen molar-refractivity contribution in [2.75, 3.05) is 13.1 Å². The number of nitrogens with zero attached hydrogens (tertiary/aromatic N) is 2. The van der Waals surface area contributed by atoms with E-state index >= 15 is 4.39 Å². The van der Waals surface area contributed by atoms with Gasteiger partial charge in [-0.25, -0.2) is 4.39 Å². The van der Waals surface area contributed by atoms with Crippen LogP contribution in [0.25, 0.3) is 16.5 Å². The highest BCUT2D eigenvalue weighted by molar-refractivity contribution is 8.18. The van der Waals surface area contributed by atoms with Crippen molar-refractivity contribution in [3.05, 3.63) is 45.4 Å². The lowest BCUT2D eigenvalue weighted by atomic mass is 9.48. The van der Waals surface area contributed by atoms with Crippen molar-refractivity contribution in [1.29, 1.82) is 0 Å². The lowest BCUT2D eigenvalue weighted by Gasteiger charge is -2.57. The van der Waals surface area contributed by atoms with Gasteiger partial charge in [0.25, 0.3) is 5.91 Å². The van der Waals surface area contributed by atoms with Gasteiger partial charge in [0.1, 0.15) is 0 Å². The summed E-state index contributed by atoms with van der Waals surface area (Å²) in [6.45, 7) is 1.93. The van der Waals surface area contributed by atoms with Gasteiger partial charge in [-0.2, -0.15) is 4.99 Å². The number of benzene rings is 1. The Morgan fingerprint density at radius 2 is 1.74 bits per heavy atom. The van der Waals surface area contributed by atoms with Crippen LogP contribution in [-0.4, -0.2) is 34.2 Å². The maximum Gasteiger partial charge on any atom is 0.286 e. The van der Waals surface area contributed by atoms with Crippen LogP contribution in [-0.2, 0) is 10.2 Å². The number of thiophene rings is 1. The van der Waals surface area contributed by atoms with Crippen LogP contribution in [0, 0.1) is 23.6 Å². The zero-order chi connectivity index (χ0) is 23.7. The third-order valence-electron chi connectivity index (χ3n) is 8.84. The topological polar surface area (TPSA) is 52.9 Å². The van der Waals surface area contributed by atoms with E-state index in [-0.39, 0.29) is 17.1 Å². The number of amides is 1. The molecule has 4 bridgehead atoms. The number of thioether (sulfide) groups is 1. The average molecular weight is 509 g/mol. The summed E-state index contributed by atoms with van der Waals surface area (Å²) in [5.41, 5.74) is 1.57. The molecule has 1 aromatic heterocycles. The molecule has 2 aromatic rings. The van der Waals surface area contributed by atoms with Gasteiger partial charge < -0.3 is 10.0 Å². The van der Waals surface area contributed by atoms with E-state index in [9.17, 15) is 9.90 Å². The van der Waals surface area contributed by atoms with Crippen molar-refractivity contribution < 1.29 is 14.3 Å². The molecule has 4 aliphatic carbocycles. The molecule has 0 atom stereocenters. The lowest BCUT2D eigenvalue weighted by Crippen LogP contribution is -2.48. The number of aromatic hydroxyl groups is 1. The first-order valence-electron chi connectivity index (χ1n) is 12.9. The van der Waals surface area contributed by atoms with Crippen molar-refractivity contribution in [3.63, 3.8) is 0 Å². The molecule has 5 fully saturated rings. The van der Waals surface area contributed by atoms with E-state index < -0.39 is 5.82 Å². The number of carbonyl (C=O) groups is 1. The zero-order valence-corrected chi connectivity index (χ0v) is 21.3. The van der Waals surface area contributed by atoms with Crippen LogP contribution in [0.5, 0.6) is 5.75 Å². The summed E-state index contributed by atoms with van der Waals surface area (Å²) >= 11 is 3.01. The van der Waals surface area contributed by atoms with E-state index in [0.29, 0.717) is 4.91 Å². The number of likely N-dealkylation sites (tertiary alicyclic amines) is 1. The Labute approximate surface area is 213 Å². The zero-order valence-electron chi connectivity index (χ0n) is 19.6. The molecule has 1 amide bonds. The fourth-order valence-electron chi connectivity index (χ4n) is 7.74. The maximum absolute atomic E-state index is 15.1. The smallest absolute Gasteiger partial charge is 0.286 e. The fraction of sp³-hybridized carbons (Fsp3) is 0.500. The van der Waals surface area contributed by atoms with Crippen LogP contribution < -0.4 is 0 Å². The molecule has 0 radical (unpaired) electrons. The van der Waals surface area contributed by atoms with E-state index in [0.717, 1.165) is 89.0 Å². The van der Waals surface area contributed by atoms with Crippen LogP contribution in [0.3, 0.4) is 0 Å². The van der Waals surface area contributed by atoms with Crippen LogP contribution in [0.1, 0.15) is 61.8 Å². The van der Waals surface area contributed by atoms with Gasteiger partial charge in [0, 0.05) is 28.4 Å². The number of aliphatic imine (C=N–C) groups is 1. The molecule has 2 aliphatic heterocycles. The lowest BCUT2D eigenvalue weighted by molar-refractivity contribution is -0.113. The van der Waals surface area contributed by atoms with Gasteiger partial charge in [-0.3, -0.25) is 4.79 Å². The second-order valence-corrected chi connectivity index (χ2v) is 13.4. The first kappa shape index (κ1) is 22.1. The summed E-state index contributed by atoms with van der Waals surface area (Å²) < 4.78 is 15.1. The number of phenolic OH excluding ortho intramolecular Hbond substituents is 1. The monoisotopic (exact) mass is 508 g/mol. The van der Waals surface area contributed by atoms with Crippen molar-refractivity contribution in [1.82, 2.24) is 4.90 Å². The van der Waals surface area contributed by atoms with Gasteiger partial charge in [-0.05, 0) is 122 Å². The minimum Gasteiger partial charge on any atom is -0.505 e. The minimum atomic E-state index is -0.522. The number of carbonyl (C=O) groups excluding carboxylic acids is 1. The Hall–Kier alpha value is -2.12. The first-order valence-corrected chi connectivity index (χ1v) is 14.5. The summed E-state index contributed by atoms with van der Waals surface area (Å²) in [7, 11) is 0. The SMILES string of the molecule is O=C1N=C(N2CCCC2)S/C1=C/c1ccc(-c2cc(F)c(O)c(C34CC5CC(CC(C5)C3)C4)c2)s1. The molecule has 0 unspecified atom stereocenters. The van der Waals surface area contributed by atoms with Gasteiger partial charge in [-0.1, -0.05) is 0 Å². The molecule has 0 spiro atoms. The van der Waals surface area contributed by atoms with Gasteiger partial charge in [0.05, 0.1) is 4.91 Å². The molecule has 3 heterocycles. The van der Waals surface area contributed by atoms with Gasteiger partial charge in [0.2, 0.25) is 0 Å². The third-order valence-corrected chi connectivity index (χ3v) is 11.0. The van der Waals surface area contributed by atoms with Gasteiger partial charge >= 0.3 is 0 Å². The molecule has 4 saturated carbocycles. The second kappa shape index (κ2) is 8.20. The minimum absolute atomic E-state index is 0.0754. The van der Waals surface area contributed by atoms with E-state index in [4.69, 9.17) is 0 Å². The summed E-state index contributed by atoms with van der Waals surface area (Å²) in [5, 5.41) is 11.6. The summed E-state index contributed by atoms with van der Waals surface area (Å²) in [4.78, 5) is 21.5. The fourth-order valence-corrected chi connectivity index (χ4v) is 9.71. The van der Waals surface area contributed by atoms with Crippen molar-refractivity contribution in [2.24, 2.45) is 22.7 Å². The highest BCUT2D eigenvalue weighted by atomic mass is 32.2. The molecule has 1 saturated heterocycles. The Bertz CT molecular complexity index is 1240. The van der Waals surface area contributed by atoms with Gasteiger partial charge in [0.15, 0.2) is 16.7 Å². The Morgan fingerprint density at radius 3 is 2.43 bits per heavy atom. The third kappa shape index (κ3) is 3.77. The molecule has 35 heavy (non-hydrogen) atoms. The highest BCUT2D eigenvalue weighted by Gasteiger charge is 2.52. The van der Waals surface area contributed by atoms with E-state index in [1.165, 1.54) is 37.1 Å².